The molecule has 1 aliphatic rings. The summed E-state index contributed by atoms with van der Waals surface area (Å²) >= 11 is 0. The number of aliphatic imine (C=N–C) groups is 1. The first kappa shape index (κ1) is 21.0. The molecule has 0 saturated carbocycles. The number of nitrogens with one attached hydrogen (secondary N) is 2. The Morgan fingerprint density at radius 1 is 1.30 bits per heavy atom. The van der Waals surface area contributed by atoms with Crippen LogP contribution in [-0.2, 0) is 11.3 Å². The highest BCUT2D eigenvalue weighted by atomic mass is 16.6. The molecule has 27 heavy (non-hydrogen) atoms. The highest BCUT2D eigenvalue weighted by Crippen LogP contribution is 2.08. The van der Waals surface area contributed by atoms with E-state index in [4.69, 9.17) is 9.26 Å². The molecule has 9 nitrogen and oxygen atoms in total. The maximum atomic E-state index is 11.7. The van der Waals surface area contributed by atoms with Crippen molar-refractivity contribution in [2.45, 2.75) is 39.8 Å². The van der Waals surface area contributed by atoms with Gasteiger partial charge in [-0.1, -0.05) is 5.16 Å². The average molecular weight is 380 g/mol. The van der Waals surface area contributed by atoms with Crippen LogP contribution in [0, 0.1) is 0 Å². The number of hydrogen-bond donors (Lipinski definition) is 2. The number of guanidine groups is 1. The lowest BCUT2D eigenvalue weighted by Gasteiger charge is -2.36. The number of piperazine rings is 1. The van der Waals surface area contributed by atoms with E-state index in [1.807, 2.05) is 26.8 Å². The van der Waals surface area contributed by atoms with Crippen molar-refractivity contribution in [2.75, 3.05) is 45.8 Å². The van der Waals surface area contributed by atoms with E-state index in [9.17, 15) is 4.79 Å². The number of aromatic nitrogens is 1. The van der Waals surface area contributed by atoms with Crippen molar-refractivity contribution in [1.29, 1.82) is 0 Å². The number of rotatable bonds is 6. The largest absolute Gasteiger partial charge is 0.444 e. The molecular formula is C18H32N6O3. The molecule has 1 saturated heterocycles. The first-order valence-electron chi connectivity index (χ1n) is 9.49. The molecule has 152 valence electrons. The van der Waals surface area contributed by atoms with E-state index in [2.05, 4.69) is 37.5 Å². The molecule has 2 heterocycles. The number of alkyl carbamates (subject to hydrolysis) is 1. The van der Waals surface area contributed by atoms with Gasteiger partial charge in [-0.25, -0.2) is 4.79 Å². The standard InChI is InChI=1S/C18H32N6O3/c1-5-19-16(20-7-8-21-17(25)27-18(2,3)4)24-11-9-23(10-12-24)14-15-6-13-26-22-15/h6,13H,5,7-12,14H2,1-4H3,(H,19,20)(H,21,25). The van der Waals surface area contributed by atoms with Crippen LogP contribution >= 0.6 is 0 Å². The summed E-state index contributed by atoms with van der Waals surface area (Å²) in [6, 6.07) is 1.90. The normalized spacial score (nSPS) is 16.3. The lowest BCUT2D eigenvalue weighted by Crippen LogP contribution is -2.52. The molecule has 0 aliphatic carbocycles. The van der Waals surface area contributed by atoms with Crippen LogP contribution in [0.2, 0.25) is 0 Å². The third-order valence-electron chi connectivity index (χ3n) is 3.93. The van der Waals surface area contributed by atoms with Crippen molar-refractivity contribution in [2.24, 2.45) is 4.99 Å². The summed E-state index contributed by atoms with van der Waals surface area (Å²) in [5.41, 5.74) is 0.464. The Bertz CT molecular complexity index is 589. The van der Waals surface area contributed by atoms with Crippen LogP contribution in [0.3, 0.4) is 0 Å². The van der Waals surface area contributed by atoms with Crippen LogP contribution in [-0.4, -0.2) is 78.4 Å². The third-order valence-corrected chi connectivity index (χ3v) is 3.93. The maximum Gasteiger partial charge on any atom is 0.407 e. The molecule has 0 bridgehead atoms. The van der Waals surface area contributed by atoms with E-state index in [0.29, 0.717) is 13.1 Å². The zero-order chi connectivity index (χ0) is 19.7. The predicted molar refractivity (Wildman–Crippen MR) is 104 cm³/mol. The Labute approximate surface area is 161 Å². The molecule has 2 N–H and O–H groups in total. The van der Waals surface area contributed by atoms with E-state index in [-0.39, 0.29) is 0 Å². The van der Waals surface area contributed by atoms with Crippen molar-refractivity contribution in [3.63, 3.8) is 0 Å². The average Bonchev–Trinajstić information content (AvgIpc) is 3.10. The number of amides is 1. The summed E-state index contributed by atoms with van der Waals surface area (Å²) in [5, 5.41) is 10.0. The van der Waals surface area contributed by atoms with Gasteiger partial charge < -0.3 is 24.8 Å². The van der Waals surface area contributed by atoms with Gasteiger partial charge in [0.25, 0.3) is 0 Å². The summed E-state index contributed by atoms with van der Waals surface area (Å²) in [6.45, 7) is 13.8. The van der Waals surface area contributed by atoms with Crippen molar-refractivity contribution in [3.05, 3.63) is 18.0 Å². The van der Waals surface area contributed by atoms with Gasteiger partial charge in [0.1, 0.15) is 11.9 Å². The lowest BCUT2D eigenvalue weighted by molar-refractivity contribution is 0.0529. The smallest absolute Gasteiger partial charge is 0.407 e. The fourth-order valence-corrected chi connectivity index (χ4v) is 2.73. The van der Waals surface area contributed by atoms with Crippen molar-refractivity contribution < 1.29 is 14.1 Å². The molecule has 1 aromatic rings. The van der Waals surface area contributed by atoms with E-state index in [1.165, 1.54) is 0 Å². The third kappa shape index (κ3) is 7.86. The fraction of sp³-hybridized carbons (Fsp3) is 0.722. The molecule has 0 unspecified atom stereocenters. The quantitative estimate of drug-likeness (QED) is 0.436. The number of carbonyl (C=O) groups excluding carboxylic acids is 1. The second-order valence-corrected chi connectivity index (χ2v) is 7.42. The van der Waals surface area contributed by atoms with Gasteiger partial charge in [0.05, 0.1) is 12.2 Å². The van der Waals surface area contributed by atoms with Crippen LogP contribution in [0.15, 0.2) is 21.8 Å². The highest BCUT2D eigenvalue weighted by molar-refractivity contribution is 5.80. The lowest BCUT2D eigenvalue weighted by atomic mass is 10.2. The van der Waals surface area contributed by atoms with Crippen LogP contribution in [0.4, 0.5) is 4.79 Å². The second kappa shape index (κ2) is 10.1. The summed E-state index contributed by atoms with van der Waals surface area (Å²) < 4.78 is 10.1. The van der Waals surface area contributed by atoms with Gasteiger partial charge in [-0.3, -0.25) is 9.89 Å². The van der Waals surface area contributed by atoms with E-state index in [0.717, 1.165) is 50.9 Å². The van der Waals surface area contributed by atoms with Crippen LogP contribution in [0.5, 0.6) is 0 Å². The number of ether oxygens (including phenoxy) is 1. The van der Waals surface area contributed by atoms with Crippen LogP contribution in [0.1, 0.15) is 33.4 Å². The molecule has 1 aromatic heterocycles. The van der Waals surface area contributed by atoms with Gasteiger partial charge in [0.2, 0.25) is 0 Å². The molecule has 1 fully saturated rings. The van der Waals surface area contributed by atoms with Crippen molar-refractivity contribution in [1.82, 2.24) is 25.6 Å². The molecule has 9 heteroatoms. The Morgan fingerprint density at radius 3 is 2.63 bits per heavy atom. The van der Waals surface area contributed by atoms with Crippen LogP contribution in [0.25, 0.3) is 0 Å². The van der Waals surface area contributed by atoms with Crippen molar-refractivity contribution in [3.8, 4) is 0 Å². The number of hydrogen-bond acceptors (Lipinski definition) is 6. The first-order chi connectivity index (χ1) is 12.9. The summed E-state index contributed by atoms with van der Waals surface area (Å²) in [4.78, 5) is 20.9. The minimum absolute atomic E-state index is 0.413. The molecule has 1 aliphatic heterocycles. The zero-order valence-corrected chi connectivity index (χ0v) is 16.8. The zero-order valence-electron chi connectivity index (χ0n) is 16.8. The fourth-order valence-electron chi connectivity index (χ4n) is 2.73. The predicted octanol–water partition coefficient (Wildman–Crippen LogP) is 1.28. The summed E-state index contributed by atoms with van der Waals surface area (Å²) in [6.07, 6.45) is 1.19. The van der Waals surface area contributed by atoms with Gasteiger partial charge in [0.15, 0.2) is 5.96 Å². The van der Waals surface area contributed by atoms with Crippen LogP contribution < -0.4 is 10.6 Å². The number of nitrogens with zero attached hydrogens (tertiary/aromatic N) is 4. The summed E-state index contributed by atoms with van der Waals surface area (Å²) in [7, 11) is 0. The Kier molecular flexibility index (Phi) is 7.90. The molecule has 0 atom stereocenters. The van der Waals surface area contributed by atoms with Gasteiger partial charge in [-0.05, 0) is 27.7 Å². The molecule has 0 radical (unpaired) electrons. The molecule has 1 amide bonds. The topological polar surface area (TPSA) is 95.2 Å². The molecule has 0 spiro atoms. The monoisotopic (exact) mass is 380 g/mol. The summed E-state index contributed by atoms with van der Waals surface area (Å²) in [5.74, 6) is 0.879. The minimum Gasteiger partial charge on any atom is -0.444 e. The highest BCUT2D eigenvalue weighted by Gasteiger charge is 2.20. The van der Waals surface area contributed by atoms with Gasteiger partial charge in [-0.2, -0.15) is 0 Å². The maximum absolute atomic E-state index is 11.7. The van der Waals surface area contributed by atoms with E-state index >= 15 is 0 Å². The van der Waals surface area contributed by atoms with Crippen molar-refractivity contribution >= 4 is 12.1 Å². The second-order valence-electron chi connectivity index (χ2n) is 7.42. The molecule has 2 rings (SSSR count). The first-order valence-corrected chi connectivity index (χ1v) is 9.49. The number of carbonyl (C=O) groups is 1. The SMILES string of the molecule is CCNC(=NCCNC(=O)OC(C)(C)C)N1CCN(Cc2ccon2)CC1. The Hall–Kier alpha value is -2.29. The molecular weight excluding hydrogens is 348 g/mol. The van der Waals surface area contributed by atoms with E-state index < -0.39 is 11.7 Å². The van der Waals surface area contributed by atoms with Gasteiger partial charge >= 0.3 is 6.09 Å². The Morgan fingerprint density at radius 2 is 2.04 bits per heavy atom. The van der Waals surface area contributed by atoms with E-state index in [1.54, 1.807) is 6.26 Å². The Balaban J connectivity index is 1.75. The molecule has 0 aromatic carbocycles. The van der Waals surface area contributed by atoms with Gasteiger partial charge in [-0.15, -0.1) is 0 Å². The minimum atomic E-state index is -0.492. The van der Waals surface area contributed by atoms with Gasteiger partial charge in [0, 0.05) is 51.9 Å².